The van der Waals surface area contributed by atoms with E-state index in [0.717, 1.165) is 32.4 Å². The number of Topliss-reactive ketones (excluding diaryl/α,β-unsaturated/α-hetero) is 1. The fourth-order valence-electron chi connectivity index (χ4n) is 2.81. The van der Waals surface area contributed by atoms with Crippen LogP contribution in [0.5, 0.6) is 0 Å². The maximum absolute atomic E-state index is 11.8. The van der Waals surface area contributed by atoms with E-state index in [2.05, 4.69) is 0 Å². The Bertz CT molecular complexity index is 256. The second kappa shape index (κ2) is 3.29. The summed E-state index contributed by atoms with van der Waals surface area (Å²) in [6.07, 6.45) is 2.89. The largest absolute Gasteiger partial charge is 0.378 e. The Morgan fingerprint density at radius 2 is 2.36 bits per heavy atom. The molecule has 0 amide bonds. The molecule has 3 unspecified atom stereocenters. The quantitative estimate of drug-likeness (QED) is 0.562. The molecule has 0 spiro atoms. The SMILES string of the molecule is O=C1CCCC2ON3CCOCC3C12. The molecule has 0 bridgehead atoms. The van der Waals surface area contributed by atoms with Crippen LogP contribution in [-0.2, 0) is 14.4 Å². The Morgan fingerprint density at radius 1 is 1.43 bits per heavy atom. The summed E-state index contributed by atoms with van der Waals surface area (Å²) in [5, 5.41) is 1.97. The van der Waals surface area contributed by atoms with E-state index >= 15 is 0 Å². The molecule has 0 aromatic rings. The topological polar surface area (TPSA) is 38.8 Å². The molecular formula is C10H15NO3. The Balaban J connectivity index is 1.83. The van der Waals surface area contributed by atoms with E-state index in [1.54, 1.807) is 0 Å². The third-order valence-corrected chi connectivity index (χ3v) is 3.48. The maximum Gasteiger partial charge on any atom is 0.140 e. The second-order valence-electron chi connectivity index (χ2n) is 4.31. The van der Waals surface area contributed by atoms with E-state index < -0.39 is 0 Å². The lowest BCUT2D eigenvalue weighted by Gasteiger charge is -2.29. The maximum atomic E-state index is 11.8. The molecule has 0 N–H and O–H groups in total. The highest BCUT2D eigenvalue weighted by Gasteiger charge is 2.49. The van der Waals surface area contributed by atoms with E-state index in [9.17, 15) is 4.79 Å². The molecular weight excluding hydrogens is 182 g/mol. The molecule has 0 radical (unpaired) electrons. The molecule has 4 heteroatoms. The van der Waals surface area contributed by atoms with Crippen molar-refractivity contribution >= 4 is 5.78 Å². The molecule has 1 aliphatic carbocycles. The van der Waals surface area contributed by atoms with E-state index in [0.29, 0.717) is 12.4 Å². The summed E-state index contributed by atoms with van der Waals surface area (Å²) in [7, 11) is 0. The van der Waals surface area contributed by atoms with Crippen molar-refractivity contribution in [1.29, 1.82) is 0 Å². The lowest BCUT2D eigenvalue weighted by Crippen LogP contribution is -2.45. The van der Waals surface area contributed by atoms with Crippen LogP contribution < -0.4 is 0 Å². The van der Waals surface area contributed by atoms with Crippen LogP contribution in [0.2, 0.25) is 0 Å². The fourth-order valence-corrected chi connectivity index (χ4v) is 2.81. The van der Waals surface area contributed by atoms with Crippen LogP contribution in [0.4, 0.5) is 0 Å². The highest BCUT2D eigenvalue weighted by molar-refractivity contribution is 5.83. The summed E-state index contributed by atoms with van der Waals surface area (Å²) in [5.74, 6) is 0.461. The van der Waals surface area contributed by atoms with Crippen molar-refractivity contribution in [2.24, 2.45) is 5.92 Å². The van der Waals surface area contributed by atoms with Crippen LogP contribution in [0, 0.1) is 5.92 Å². The van der Waals surface area contributed by atoms with E-state index in [1.807, 2.05) is 5.06 Å². The first kappa shape index (κ1) is 8.83. The fraction of sp³-hybridized carbons (Fsp3) is 0.900. The number of ether oxygens (including phenoxy) is 1. The molecule has 0 aromatic heterocycles. The number of carbonyl (C=O) groups is 1. The Kier molecular flexibility index (Phi) is 2.08. The standard InChI is InChI=1S/C10H15NO3/c12-8-2-1-3-9-10(8)7-6-13-5-4-11(7)14-9/h7,9-10H,1-6H2. The van der Waals surface area contributed by atoms with Gasteiger partial charge in [-0.3, -0.25) is 9.63 Å². The number of rotatable bonds is 0. The van der Waals surface area contributed by atoms with Crippen molar-refractivity contribution in [3.05, 3.63) is 0 Å². The number of hydrogen-bond donors (Lipinski definition) is 0. The number of ketones is 1. The Labute approximate surface area is 83.1 Å². The normalized spacial score (nSPS) is 43.4. The lowest BCUT2D eigenvalue weighted by atomic mass is 9.81. The molecule has 3 atom stereocenters. The van der Waals surface area contributed by atoms with Crippen LogP contribution in [0.25, 0.3) is 0 Å². The number of hydroxylamine groups is 2. The van der Waals surface area contributed by atoms with Crippen LogP contribution in [-0.4, -0.2) is 42.8 Å². The number of fused-ring (bicyclic) bond motifs is 3. The van der Waals surface area contributed by atoms with Crippen molar-refractivity contribution < 1.29 is 14.4 Å². The average Bonchev–Trinajstić information content (AvgIpc) is 2.57. The molecule has 1 saturated carbocycles. The van der Waals surface area contributed by atoms with Crippen LogP contribution in [0.1, 0.15) is 19.3 Å². The van der Waals surface area contributed by atoms with Crippen LogP contribution in [0.15, 0.2) is 0 Å². The highest BCUT2D eigenvalue weighted by atomic mass is 16.7. The van der Waals surface area contributed by atoms with Gasteiger partial charge in [-0.05, 0) is 12.8 Å². The number of carbonyl (C=O) groups excluding carboxylic acids is 1. The molecule has 2 aliphatic heterocycles. The van der Waals surface area contributed by atoms with E-state index in [1.165, 1.54) is 0 Å². The van der Waals surface area contributed by atoms with Gasteiger partial charge in [-0.25, -0.2) is 0 Å². The zero-order valence-corrected chi connectivity index (χ0v) is 8.15. The predicted octanol–water partition coefficient (Wildman–Crippen LogP) is 0.370. The second-order valence-corrected chi connectivity index (χ2v) is 4.31. The zero-order chi connectivity index (χ0) is 9.54. The predicted molar refractivity (Wildman–Crippen MR) is 48.5 cm³/mol. The first-order chi connectivity index (χ1) is 6.86. The van der Waals surface area contributed by atoms with E-state index in [-0.39, 0.29) is 18.1 Å². The monoisotopic (exact) mass is 197 g/mol. The molecule has 3 aliphatic rings. The summed E-state index contributed by atoms with van der Waals surface area (Å²) in [4.78, 5) is 17.5. The minimum atomic E-state index is 0.0871. The molecule has 2 heterocycles. The number of morpholine rings is 1. The van der Waals surface area contributed by atoms with Gasteiger partial charge in [0.2, 0.25) is 0 Å². The van der Waals surface area contributed by atoms with Gasteiger partial charge >= 0.3 is 0 Å². The van der Waals surface area contributed by atoms with Crippen molar-refractivity contribution in [3.63, 3.8) is 0 Å². The zero-order valence-electron chi connectivity index (χ0n) is 8.15. The summed E-state index contributed by atoms with van der Waals surface area (Å²) < 4.78 is 5.41. The molecule has 4 nitrogen and oxygen atoms in total. The molecule has 14 heavy (non-hydrogen) atoms. The first-order valence-electron chi connectivity index (χ1n) is 5.40. The van der Waals surface area contributed by atoms with Crippen molar-refractivity contribution in [2.75, 3.05) is 19.8 Å². The molecule has 0 aromatic carbocycles. The highest BCUT2D eigenvalue weighted by Crippen LogP contribution is 2.36. The van der Waals surface area contributed by atoms with Gasteiger partial charge in [0.1, 0.15) is 5.78 Å². The van der Waals surface area contributed by atoms with Gasteiger partial charge in [0.15, 0.2) is 0 Å². The molecule has 78 valence electrons. The minimum absolute atomic E-state index is 0.0871. The molecule has 3 rings (SSSR count). The van der Waals surface area contributed by atoms with Crippen molar-refractivity contribution in [3.8, 4) is 0 Å². The lowest BCUT2D eigenvalue weighted by molar-refractivity contribution is -0.197. The smallest absolute Gasteiger partial charge is 0.140 e. The number of hydrogen-bond acceptors (Lipinski definition) is 4. The van der Waals surface area contributed by atoms with Crippen molar-refractivity contribution in [2.45, 2.75) is 31.4 Å². The average molecular weight is 197 g/mol. The Hall–Kier alpha value is -0.450. The van der Waals surface area contributed by atoms with Gasteiger partial charge in [-0.2, -0.15) is 5.06 Å². The van der Waals surface area contributed by atoms with Crippen molar-refractivity contribution in [1.82, 2.24) is 5.06 Å². The summed E-state index contributed by atoms with van der Waals surface area (Å²) >= 11 is 0. The van der Waals surface area contributed by atoms with Gasteiger partial charge < -0.3 is 4.74 Å². The van der Waals surface area contributed by atoms with Gasteiger partial charge in [0.05, 0.1) is 31.3 Å². The van der Waals surface area contributed by atoms with Gasteiger partial charge in [0, 0.05) is 13.0 Å². The minimum Gasteiger partial charge on any atom is -0.378 e. The van der Waals surface area contributed by atoms with Gasteiger partial charge in [-0.1, -0.05) is 0 Å². The van der Waals surface area contributed by atoms with Gasteiger partial charge in [0.25, 0.3) is 0 Å². The van der Waals surface area contributed by atoms with Crippen LogP contribution >= 0.6 is 0 Å². The first-order valence-corrected chi connectivity index (χ1v) is 5.40. The third kappa shape index (κ3) is 1.21. The van der Waals surface area contributed by atoms with E-state index in [4.69, 9.17) is 9.57 Å². The molecule has 2 saturated heterocycles. The van der Waals surface area contributed by atoms with Crippen LogP contribution in [0.3, 0.4) is 0 Å². The summed E-state index contributed by atoms with van der Waals surface area (Å²) in [6, 6.07) is 0.196. The number of nitrogens with zero attached hydrogens (tertiary/aromatic N) is 1. The third-order valence-electron chi connectivity index (χ3n) is 3.48. The molecule has 3 fully saturated rings. The summed E-state index contributed by atoms with van der Waals surface area (Å²) in [5.41, 5.74) is 0. The summed E-state index contributed by atoms with van der Waals surface area (Å²) in [6.45, 7) is 2.20. The van der Waals surface area contributed by atoms with Gasteiger partial charge in [-0.15, -0.1) is 0 Å². The Morgan fingerprint density at radius 3 is 3.29 bits per heavy atom.